The van der Waals surface area contributed by atoms with Crippen LogP contribution in [-0.4, -0.2) is 66.3 Å². The lowest BCUT2D eigenvalue weighted by molar-refractivity contribution is -0.133. The van der Waals surface area contributed by atoms with E-state index < -0.39 is 0 Å². The van der Waals surface area contributed by atoms with E-state index in [0.29, 0.717) is 38.7 Å². The molecule has 0 unspecified atom stereocenters. The molecule has 7 nitrogen and oxygen atoms in total. The Balaban J connectivity index is 1.55. The van der Waals surface area contributed by atoms with Gasteiger partial charge in [0.25, 0.3) is 0 Å². The van der Waals surface area contributed by atoms with Crippen molar-refractivity contribution in [2.75, 3.05) is 39.9 Å². The first-order chi connectivity index (χ1) is 13.0. The predicted octanol–water partition coefficient (Wildman–Crippen LogP) is 2.59. The van der Waals surface area contributed by atoms with Gasteiger partial charge in [-0.05, 0) is 30.2 Å². The Morgan fingerprint density at radius 3 is 2.44 bits per heavy atom. The fraction of sp³-hybridized carbons (Fsp3) is 0.500. The van der Waals surface area contributed by atoms with Gasteiger partial charge in [-0.3, -0.25) is 4.79 Å². The van der Waals surface area contributed by atoms with Crippen LogP contribution in [0.3, 0.4) is 0 Å². The van der Waals surface area contributed by atoms with Crippen LogP contribution in [0.4, 0.5) is 4.79 Å². The summed E-state index contributed by atoms with van der Waals surface area (Å²) in [7, 11) is 1.64. The SMILES string of the molecule is COc1ccc2c(ccn2CC(=O)N2CCN(C(=O)OCC(C)C)CC2)c1. The molecule has 1 aromatic heterocycles. The van der Waals surface area contributed by atoms with Gasteiger partial charge in [0.2, 0.25) is 5.91 Å². The molecule has 0 saturated carbocycles. The van der Waals surface area contributed by atoms with Crippen LogP contribution < -0.4 is 4.74 Å². The van der Waals surface area contributed by atoms with Crippen LogP contribution in [0.2, 0.25) is 0 Å². The second-order valence-electron chi connectivity index (χ2n) is 7.21. The van der Waals surface area contributed by atoms with Crippen molar-refractivity contribution in [3.63, 3.8) is 0 Å². The molecule has 1 aromatic carbocycles. The number of methoxy groups -OCH3 is 1. The van der Waals surface area contributed by atoms with Gasteiger partial charge < -0.3 is 23.8 Å². The zero-order valence-corrected chi connectivity index (χ0v) is 16.2. The van der Waals surface area contributed by atoms with Crippen molar-refractivity contribution in [1.29, 1.82) is 0 Å². The van der Waals surface area contributed by atoms with Gasteiger partial charge in [0.05, 0.1) is 13.7 Å². The number of benzene rings is 1. The molecule has 2 aromatic rings. The molecule has 0 bridgehead atoms. The molecule has 7 heteroatoms. The van der Waals surface area contributed by atoms with Gasteiger partial charge >= 0.3 is 6.09 Å². The van der Waals surface area contributed by atoms with E-state index in [-0.39, 0.29) is 18.5 Å². The Kier molecular flexibility index (Phi) is 5.88. The first-order valence-corrected chi connectivity index (χ1v) is 9.30. The van der Waals surface area contributed by atoms with E-state index in [2.05, 4.69) is 0 Å². The summed E-state index contributed by atoms with van der Waals surface area (Å²) in [4.78, 5) is 28.2. The fourth-order valence-electron chi connectivity index (χ4n) is 3.16. The van der Waals surface area contributed by atoms with Crippen LogP contribution in [0.25, 0.3) is 10.9 Å². The normalized spacial score (nSPS) is 14.7. The lowest BCUT2D eigenvalue weighted by Gasteiger charge is -2.34. The highest BCUT2D eigenvalue weighted by Crippen LogP contribution is 2.22. The lowest BCUT2D eigenvalue weighted by atomic mass is 10.2. The number of nitrogens with zero attached hydrogens (tertiary/aromatic N) is 3. The summed E-state index contributed by atoms with van der Waals surface area (Å²) in [6, 6.07) is 7.79. The summed E-state index contributed by atoms with van der Waals surface area (Å²) in [5.41, 5.74) is 1.00. The Morgan fingerprint density at radius 2 is 1.78 bits per heavy atom. The summed E-state index contributed by atoms with van der Waals surface area (Å²) in [6.07, 6.45) is 1.63. The van der Waals surface area contributed by atoms with Crippen molar-refractivity contribution in [2.45, 2.75) is 20.4 Å². The zero-order valence-electron chi connectivity index (χ0n) is 16.2. The minimum atomic E-state index is -0.291. The van der Waals surface area contributed by atoms with Gasteiger partial charge in [0.1, 0.15) is 12.3 Å². The summed E-state index contributed by atoms with van der Waals surface area (Å²) >= 11 is 0. The molecule has 0 aliphatic carbocycles. The molecule has 27 heavy (non-hydrogen) atoms. The molecule has 1 saturated heterocycles. The van der Waals surface area contributed by atoms with E-state index in [1.807, 2.05) is 53.8 Å². The summed E-state index contributed by atoms with van der Waals surface area (Å²) in [6.45, 7) is 6.79. The third-order valence-electron chi connectivity index (χ3n) is 4.71. The number of fused-ring (bicyclic) bond motifs is 1. The van der Waals surface area contributed by atoms with Crippen LogP contribution in [0.1, 0.15) is 13.8 Å². The van der Waals surface area contributed by atoms with Gasteiger partial charge in [0, 0.05) is 43.3 Å². The van der Waals surface area contributed by atoms with Crippen molar-refractivity contribution in [3.05, 3.63) is 30.5 Å². The number of hydrogen-bond acceptors (Lipinski definition) is 4. The van der Waals surface area contributed by atoms with Gasteiger partial charge in [-0.15, -0.1) is 0 Å². The highest BCUT2D eigenvalue weighted by Gasteiger charge is 2.25. The molecular weight excluding hydrogens is 346 g/mol. The summed E-state index contributed by atoms with van der Waals surface area (Å²) in [5, 5.41) is 1.04. The largest absolute Gasteiger partial charge is 0.497 e. The van der Waals surface area contributed by atoms with E-state index in [0.717, 1.165) is 16.7 Å². The number of carbonyl (C=O) groups excluding carboxylic acids is 2. The molecule has 2 amide bonds. The van der Waals surface area contributed by atoms with Crippen LogP contribution in [0.15, 0.2) is 30.5 Å². The number of carbonyl (C=O) groups is 2. The maximum absolute atomic E-state index is 12.7. The second-order valence-corrected chi connectivity index (χ2v) is 7.21. The average Bonchev–Trinajstić information content (AvgIpc) is 3.08. The van der Waals surface area contributed by atoms with E-state index in [1.54, 1.807) is 12.0 Å². The summed E-state index contributed by atoms with van der Waals surface area (Å²) < 4.78 is 12.4. The van der Waals surface area contributed by atoms with E-state index >= 15 is 0 Å². The lowest BCUT2D eigenvalue weighted by Crippen LogP contribution is -2.51. The Morgan fingerprint density at radius 1 is 1.07 bits per heavy atom. The molecule has 1 aliphatic heterocycles. The van der Waals surface area contributed by atoms with Gasteiger partial charge in [-0.2, -0.15) is 0 Å². The highest BCUT2D eigenvalue weighted by molar-refractivity contribution is 5.84. The van der Waals surface area contributed by atoms with Crippen molar-refractivity contribution < 1.29 is 19.1 Å². The zero-order chi connectivity index (χ0) is 19.4. The topological polar surface area (TPSA) is 64.0 Å². The molecule has 1 fully saturated rings. The first-order valence-electron chi connectivity index (χ1n) is 9.30. The summed E-state index contributed by atoms with van der Waals surface area (Å²) in [5.74, 6) is 1.17. The number of rotatable bonds is 5. The molecule has 0 spiro atoms. The minimum Gasteiger partial charge on any atom is -0.497 e. The smallest absolute Gasteiger partial charge is 0.409 e. The third kappa shape index (κ3) is 4.53. The maximum Gasteiger partial charge on any atom is 0.409 e. The average molecular weight is 373 g/mol. The standard InChI is InChI=1S/C20H27N3O4/c1-15(2)14-27-20(25)22-10-8-21(9-11-22)19(24)13-23-7-6-16-12-17(26-3)4-5-18(16)23/h4-7,12,15H,8-11,13-14H2,1-3H3. The van der Waals surface area contributed by atoms with Crippen LogP contribution in [0.5, 0.6) is 5.75 Å². The van der Waals surface area contributed by atoms with Gasteiger partial charge in [0.15, 0.2) is 0 Å². The maximum atomic E-state index is 12.7. The molecule has 0 atom stereocenters. The van der Waals surface area contributed by atoms with Gasteiger partial charge in [-0.25, -0.2) is 4.79 Å². The number of amides is 2. The van der Waals surface area contributed by atoms with Crippen molar-refractivity contribution in [1.82, 2.24) is 14.4 Å². The van der Waals surface area contributed by atoms with Crippen LogP contribution in [-0.2, 0) is 16.1 Å². The van der Waals surface area contributed by atoms with Crippen LogP contribution in [0, 0.1) is 5.92 Å². The molecule has 0 radical (unpaired) electrons. The molecule has 1 aliphatic rings. The number of hydrogen-bond donors (Lipinski definition) is 0. The Hall–Kier alpha value is -2.70. The Labute approximate surface area is 159 Å². The van der Waals surface area contributed by atoms with E-state index in [9.17, 15) is 9.59 Å². The van der Waals surface area contributed by atoms with Crippen molar-refractivity contribution in [3.8, 4) is 5.75 Å². The Bertz CT molecular complexity index is 807. The molecule has 0 N–H and O–H groups in total. The van der Waals surface area contributed by atoms with E-state index in [4.69, 9.17) is 9.47 Å². The van der Waals surface area contributed by atoms with Crippen molar-refractivity contribution in [2.24, 2.45) is 5.92 Å². The monoisotopic (exact) mass is 373 g/mol. The quantitative estimate of drug-likeness (QED) is 0.808. The van der Waals surface area contributed by atoms with E-state index in [1.165, 1.54) is 0 Å². The minimum absolute atomic E-state index is 0.0542. The molecule has 2 heterocycles. The molecule has 3 rings (SSSR count). The first kappa shape index (κ1) is 19.1. The van der Waals surface area contributed by atoms with Crippen LogP contribution >= 0.6 is 0 Å². The predicted molar refractivity (Wildman–Crippen MR) is 103 cm³/mol. The van der Waals surface area contributed by atoms with Gasteiger partial charge in [-0.1, -0.05) is 13.8 Å². The highest BCUT2D eigenvalue weighted by atomic mass is 16.6. The number of piperazine rings is 1. The number of aromatic nitrogens is 1. The molecule has 146 valence electrons. The molecular formula is C20H27N3O4. The third-order valence-corrected chi connectivity index (χ3v) is 4.71. The second kappa shape index (κ2) is 8.33. The fourth-order valence-corrected chi connectivity index (χ4v) is 3.16. The van der Waals surface area contributed by atoms with Crippen molar-refractivity contribution >= 4 is 22.9 Å². The number of ether oxygens (including phenoxy) is 2.